The maximum atomic E-state index is 5.14. The Morgan fingerprint density at radius 2 is 2.06 bits per heavy atom. The van der Waals surface area contributed by atoms with Crippen molar-refractivity contribution in [1.29, 1.82) is 0 Å². The number of methoxy groups -OCH3 is 1. The van der Waals surface area contributed by atoms with Gasteiger partial charge in [-0.05, 0) is 44.7 Å². The van der Waals surface area contributed by atoms with Crippen molar-refractivity contribution in [2.24, 2.45) is 11.1 Å². The molecule has 0 aromatic rings. The Labute approximate surface area is 112 Å². The molecule has 0 aliphatic carbocycles. The van der Waals surface area contributed by atoms with Crippen LogP contribution in [0.2, 0.25) is 0 Å². The van der Waals surface area contributed by atoms with E-state index in [2.05, 4.69) is 28.6 Å². The van der Waals surface area contributed by atoms with Crippen LogP contribution in [0.3, 0.4) is 0 Å². The maximum absolute atomic E-state index is 5.14. The van der Waals surface area contributed by atoms with Crippen molar-refractivity contribution in [3.8, 4) is 0 Å². The molecule has 0 N–H and O–H groups in total. The van der Waals surface area contributed by atoms with E-state index in [1.807, 2.05) is 6.21 Å². The molecule has 0 atom stereocenters. The molecule has 0 unspecified atom stereocenters. The largest absolute Gasteiger partial charge is 0.395 e. The lowest BCUT2D eigenvalue weighted by molar-refractivity contribution is 0.113. The first-order valence-corrected chi connectivity index (χ1v) is 6.97. The topological polar surface area (TPSA) is 34.1 Å². The molecule has 4 heteroatoms. The summed E-state index contributed by atoms with van der Waals surface area (Å²) in [7, 11) is 3.25. The average Bonchev–Trinajstić information content (AvgIpc) is 2.43. The van der Waals surface area contributed by atoms with Gasteiger partial charge in [-0.25, -0.2) is 0 Å². The number of hydrogen-bond acceptors (Lipinski definition) is 4. The first kappa shape index (κ1) is 17.4. The molecule has 18 heavy (non-hydrogen) atoms. The third kappa shape index (κ3) is 11.9. The average molecular weight is 258 g/mol. The summed E-state index contributed by atoms with van der Waals surface area (Å²) in [6.07, 6.45) is 6.76. The minimum Gasteiger partial charge on any atom is -0.395 e. The minimum absolute atomic E-state index is 0.734. The highest BCUT2D eigenvalue weighted by Crippen LogP contribution is 2.06. The van der Waals surface area contributed by atoms with Gasteiger partial charge in [-0.3, -0.25) is 4.90 Å². The summed E-state index contributed by atoms with van der Waals surface area (Å²) >= 11 is 0. The molecule has 0 amide bonds. The molecular weight excluding hydrogens is 228 g/mol. The summed E-state index contributed by atoms with van der Waals surface area (Å²) in [6, 6.07) is 0. The lowest BCUT2D eigenvalue weighted by Crippen LogP contribution is -2.29. The zero-order valence-corrected chi connectivity index (χ0v) is 12.5. The SMILES string of the molecule is CC(C)CCCN1CCC/C=N\OCC1.COC. The predicted octanol–water partition coefficient (Wildman–Crippen LogP) is 2.78. The van der Waals surface area contributed by atoms with Crippen LogP contribution in [0.25, 0.3) is 0 Å². The zero-order chi connectivity index (χ0) is 13.6. The van der Waals surface area contributed by atoms with Crippen LogP contribution in [-0.4, -0.2) is 51.6 Å². The molecule has 0 spiro atoms. The summed E-state index contributed by atoms with van der Waals surface area (Å²) in [5.74, 6) is 0.821. The maximum Gasteiger partial charge on any atom is 0.129 e. The van der Waals surface area contributed by atoms with Crippen LogP contribution < -0.4 is 0 Å². The molecule has 0 bridgehead atoms. The molecule has 108 valence electrons. The number of nitrogens with zero attached hydrogens (tertiary/aromatic N) is 2. The van der Waals surface area contributed by atoms with Gasteiger partial charge >= 0.3 is 0 Å². The fourth-order valence-electron chi connectivity index (χ4n) is 1.79. The van der Waals surface area contributed by atoms with Crippen molar-refractivity contribution in [2.75, 3.05) is 40.5 Å². The molecule has 0 fully saturated rings. The van der Waals surface area contributed by atoms with E-state index >= 15 is 0 Å². The van der Waals surface area contributed by atoms with Gasteiger partial charge in [-0.15, -0.1) is 0 Å². The standard InChI is InChI=1S/C12H24N2O.C2H6O/c1-12(2)6-5-9-14-8-4-3-7-13-15-11-10-14;1-3-2/h7,12H,3-6,8-11H2,1-2H3;1-2H3/b13-7-;. The van der Waals surface area contributed by atoms with Gasteiger partial charge < -0.3 is 9.57 Å². The Morgan fingerprint density at radius 1 is 1.33 bits per heavy atom. The second-order valence-electron chi connectivity index (χ2n) is 5.05. The first-order chi connectivity index (χ1) is 8.70. The van der Waals surface area contributed by atoms with E-state index in [1.165, 1.54) is 32.4 Å². The second kappa shape index (κ2) is 12.8. The second-order valence-corrected chi connectivity index (χ2v) is 5.05. The van der Waals surface area contributed by atoms with E-state index in [4.69, 9.17) is 4.84 Å². The molecule has 1 aliphatic heterocycles. The highest BCUT2D eigenvalue weighted by molar-refractivity contribution is 5.56. The Kier molecular flexibility index (Phi) is 12.4. The Bertz CT molecular complexity index is 184. The molecular formula is C14H30N2O2. The zero-order valence-electron chi connectivity index (χ0n) is 12.5. The van der Waals surface area contributed by atoms with Crippen molar-refractivity contribution in [1.82, 2.24) is 4.90 Å². The van der Waals surface area contributed by atoms with Crippen molar-refractivity contribution in [3.63, 3.8) is 0 Å². The number of ether oxygens (including phenoxy) is 1. The van der Waals surface area contributed by atoms with Crippen LogP contribution in [0.1, 0.15) is 39.5 Å². The first-order valence-electron chi connectivity index (χ1n) is 6.97. The normalized spacial score (nSPS) is 18.9. The Hall–Kier alpha value is -0.610. The highest BCUT2D eigenvalue weighted by Gasteiger charge is 2.06. The molecule has 1 heterocycles. The summed E-state index contributed by atoms with van der Waals surface area (Å²) in [6.45, 7) is 8.73. The number of oxime groups is 1. The monoisotopic (exact) mass is 258 g/mol. The van der Waals surface area contributed by atoms with Crippen molar-refractivity contribution >= 4 is 6.21 Å². The van der Waals surface area contributed by atoms with Gasteiger partial charge in [0.2, 0.25) is 0 Å². The van der Waals surface area contributed by atoms with Gasteiger partial charge in [0.15, 0.2) is 0 Å². The summed E-state index contributed by atoms with van der Waals surface area (Å²) in [4.78, 5) is 7.64. The highest BCUT2D eigenvalue weighted by atomic mass is 16.6. The molecule has 0 aromatic carbocycles. The molecule has 0 aromatic heterocycles. The van der Waals surface area contributed by atoms with Crippen LogP contribution >= 0.6 is 0 Å². The van der Waals surface area contributed by atoms with Gasteiger partial charge in [0.1, 0.15) is 6.61 Å². The van der Waals surface area contributed by atoms with E-state index in [1.54, 1.807) is 14.2 Å². The summed E-state index contributed by atoms with van der Waals surface area (Å²) in [5.41, 5.74) is 0. The van der Waals surface area contributed by atoms with Gasteiger partial charge in [0.25, 0.3) is 0 Å². The summed E-state index contributed by atoms with van der Waals surface area (Å²) < 4.78 is 4.25. The molecule has 0 saturated carbocycles. The molecule has 0 radical (unpaired) electrons. The minimum atomic E-state index is 0.734. The molecule has 0 saturated heterocycles. The molecule has 1 rings (SSSR count). The fraction of sp³-hybridized carbons (Fsp3) is 0.929. The fourth-order valence-corrected chi connectivity index (χ4v) is 1.79. The third-order valence-corrected chi connectivity index (χ3v) is 2.71. The Balaban J connectivity index is 0.000000873. The van der Waals surface area contributed by atoms with Crippen LogP contribution in [0.5, 0.6) is 0 Å². The van der Waals surface area contributed by atoms with Gasteiger partial charge in [0, 0.05) is 27.0 Å². The van der Waals surface area contributed by atoms with Crippen molar-refractivity contribution in [3.05, 3.63) is 0 Å². The van der Waals surface area contributed by atoms with Gasteiger partial charge in [-0.2, -0.15) is 0 Å². The van der Waals surface area contributed by atoms with Crippen LogP contribution in [0, 0.1) is 5.92 Å². The van der Waals surface area contributed by atoms with Crippen molar-refractivity contribution < 1.29 is 9.57 Å². The third-order valence-electron chi connectivity index (χ3n) is 2.71. The number of rotatable bonds is 4. The van der Waals surface area contributed by atoms with E-state index < -0.39 is 0 Å². The van der Waals surface area contributed by atoms with Crippen LogP contribution in [0.15, 0.2) is 5.16 Å². The van der Waals surface area contributed by atoms with Gasteiger partial charge in [0.05, 0.1) is 0 Å². The molecule has 4 nitrogen and oxygen atoms in total. The van der Waals surface area contributed by atoms with E-state index in [-0.39, 0.29) is 0 Å². The summed E-state index contributed by atoms with van der Waals surface area (Å²) in [5, 5.41) is 3.88. The van der Waals surface area contributed by atoms with Gasteiger partial charge in [-0.1, -0.05) is 19.0 Å². The van der Waals surface area contributed by atoms with E-state index in [0.29, 0.717) is 0 Å². The van der Waals surface area contributed by atoms with E-state index in [0.717, 1.165) is 25.5 Å². The lowest BCUT2D eigenvalue weighted by atomic mass is 10.1. The smallest absolute Gasteiger partial charge is 0.129 e. The van der Waals surface area contributed by atoms with Crippen molar-refractivity contribution in [2.45, 2.75) is 39.5 Å². The van der Waals surface area contributed by atoms with Crippen LogP contribution in [-0.2, 0) is 9.57 Å². The van der Waals surface area contributed by atoms with Crippen LogP contribution in [0.4, 0.5) is 0 Å². The Morgan fingerprint density at radius 3 is 2.72 bits per heavy atom. The van der Waals surface area contributed by atoms with E-state index in [9.17, 15) is 0 Å². The number of hydrogen-bond donors (Lipinski definition) is 0. The lowest BCUT2D eigenvalue weighted by Gasteiger charge is -2.21. The quantitative estimate of drug-likeness (QED) is 0.777. The predicted molar refractivity (Wildman–Crippen MR) is 77.1 cm³/mol. The molecule has 1 aliphatic rings.